The zero-order valence-electron chi connectivity index (χ0n) is 7.46. The van der Waals surface area contributed by atoms with Crippen molar-refractivity contribution in [2.75, 3.05) is 6.54 Å². The molecule has 0 aromatic rings. The van der Waals surface area contributed by atoms with E-state index in [1.54, 1.807) is 0 Å². The van der Waals surface area contributed by atoms with Crippen molar-refractivity contribution >= 4 is 12.6 Å². The summed E-state index contributed by atoms with van der Waals surface area (Å²) in [6.45, 7) is 5.46. The van der Waals surface area contributed by atoms with Gasteiger partial charge in [0.15, 0.2) is 0 Å². The monoisotopic (exact) mass is 173 g/mol. The van der Waals surface area contributed by atoms with Crippen molar-refractivity contribution in [3.05, 3.63) is 0 Å². The minimum absolute atomic E-state index is 0.576. The highest BCUT2D eigenvalue weighted by atomic mass is 32.1. The molecule has 1 aliphatic rings. The van der Waals surface area contributed by atoms with Gasteiger partial charge in [0.1, 0.15) is 0 Å². The molecule has 0 amide bonds. The van der Waals surface area contributed by atoms with E-state index in [2.05, 4.69) is 26.5 Å². The summed E-state index contributed by atoms with van der Waals surface area (Å²) >= 11 is 4.57. The Hall–Kier alpha value is 0.310. The number of thiol groups is 1. The Morgan fingerprint density at radius 3 is 2.45 bits per heavy atom. The molecule has 0 saturated heterocycles. The van der Waals surface area contributed by atoms with Crippen LogP contribution in [0, 0.1) is 17.8 Å². The van der Waals surface area contributed by atoms with Crippen molar-refractivity contribution in [2.45, 2.75) is 31.9 Å². The summed E-state index contributed by atoms with van der Waals surface area (Å²) in [7, 11) is 0. The zero-order chi connectivity index (χ0) is 8.43. The quantitative estimate of drug-likeness (QED) is 0.582. The van der Waals surface area contributed by atoms with Crippen LogP contribution in [0.1, 0.15) is 26.7 Å². The van der Waals surface area contributed by atoms with Gasteiger partial charge < -0.3 is 5.73 Å². The molecule has 0 radical (unpaired) electrons. The molecular formula is C9H19NS. The SMILES string of the molecule is CC1CC(CN)CC(S)C1C. The van der Waals surface area contributed by atoms with Crippen LogP contribution in [-0.4, -0.2) is 11.8 Å². The molecule has 66 valence electrons. The number of rotatable bonds is 1. The van der Waals surface area contributed by atoms with Gasteiger partial charge in [-0.05, 0) is 37.1 Å². The molecule has 1 rings (SSSR count). The average Bonchev–Trinajstić information content (AvgIpc) is 1.99. The zero-order valence-corrected chi connectivity index (χ0v) is 8.35. The largest absolute Gasteiger partial charge is 0.330 e. The third kappa shape index (κ3) is 2.12. The molecule has 4 atom stereocenters. The standard InChI is InChI=1S/C9H19NS/c1-6-3-8(5-10)4-9(11)7(6)2/h6-9,11H,3-5,10H2,1-2H3. The smallest absolute Gasteiger partial charge is 0.00481 e. The molecule has 11 heavy (non-hydrogen) atoms. The third-order valence-electron chi connectivity index (χ3n) is 3.12. The molecule has 1 nitrogen and oxygen atoms in total. The van der Waals surface area contributed by atoms with Gasteiger partial charge in [0, 0.05) is 5.25 Å². The number of nitrogens with two attached hydrogens (primary N) is 1. The fraction of sp³-hybridized carbons (Fsp3) is 1.00. The van der Waals surface area contributed by atoms with E-state index in [1.807, 2.05) is 0 Å². The lowest BCUT2D eigenvalue weighted by Gasteiger charge is -2.36. The van der Waals surface area contributed by atoms with Crippen molar-refractivity contribution in [3.63, 3.8) is 0 Å². The highest BCUT2D eigenvalue weighted by Crippen LogP contribution is 2.35. The van der Waals surface area contributed by atoms with E-state index in [0.717, 1.165) is 24.3 Å². The maximum Gasteiger partial charge on any atom is 0.00481 e. The summed E-state index contributed by atoms with van der Waals surface area (Å²) in [5.41, 5.74) is 5.64. The Morgan fingerprint density at radius 1 is 1.36 bits per heavy atom. The van der Waals surface area contributed by atoms with Gasteiger partial charge in [0.2, 0.25) is 0 Å². The summed E-state index contributed by atoms with van der Waals surface area (Å²) in [6, 6.07) is 0. The van der Waals surface area contributed by atoms with Gasteiger partial charge >= 0.3 is 0 Å². The lowest BCUT2D eigenvalue weighted by Crippen LogP contribution is -2.33. The predicted octanol–water partition coefficient (Wildman–Crippen LogP) is 1.93. The van der Waals surface area contributed by atoms with Crippen LogP contribution in [0.4, 0.5) is 0 Å². The number of hydrogen-bond donors (Lipinski definition) is 2. The first-order valence-corrected chi connectivity index (χ1v) is 5.05. The Kier molecular flexibility index (Phi) is 3.26. The second-order valence-electron chi connectivity index (χ2n) is 3.98. The highest BCUT2D eigenvalue weighted by Gasteiger charge is 2.29. The van der Waals surface area contributed by atoms with Crippen molar-refractivity contribution < 1.29 is 0 Å². The summed E-state index contributed by atoms with van der Waals surface area (Å²) in [4.78, 5) is 0. The van der Waals surface area contributed by atoms with Gasteiger partial charge in [-0.15, -0.1) is 0 Å². The lowest BCUT2D eigenvalue weighted by molar-refractivity contribution is 0.222. The molecule has 1 fully saturated rings. The van der Waals surface area contributed by atoms with Crippen LogP contribution in [0.5, 0.6) is 0 Å². The molecule has 2 N–H and O–H groups in total. The maximum absolute atomic E-state index is 5.64. The Balaban J connectivity index is 2.47. The van der Waals surface area contributed by atoms with E-state index in [9.17, 15) is 0 Å². The van der Waals surface area contributed by atoms with Gasteiger partial charge in [0.25, 0.3) is 0 Å². The van der Waals surface area contributed by atoms with Gasteiger partial charge in [-0.1, -0.05) is 13.8 Å². The fourth-order valence-electron chi connectivity index (χ4n) is 1.96. The minimum atomic E-state index is 0.576. The normalized spacial score (nSPS) is 45.8. The van der Waals surface area contributed by atoms with Crippen LogP contribution in [-0.2, 0) is 0 Å². The van der Waals surface area contributed by atoms with Crippen molar-refractivity contribution in [3.8, 4) is 0 Å². The maximum atomic E-state index is 5.64. The summed E-state index contributed by atoms with van der Waals surface area (Å²) < 4.78 is 0. The van der Waals surface area contributed by atoms with Crippen molar-refractivity contribution in [1.82, 2.24) is 0 Å². The van der Waals surface area contributed by atoms with E-state index >= 15 is 0 Å². The molecule has 2 heteroatoms. The van der Waals surface area contributed by atoms with E-state index in [0.29, 0.717) is 5.25 Å². The molecule has 0 bridgehead atoms. The number of hydrogen-bond acceptors (Lipinski definition) is 2. The van der Waals surface area contributed by atoms with E-state index in [-0.39, 0.29) is 0 Å². The summed E-state index contributed by atoms with van der Waals surface area (Å²) in [6.07, 6.45) is 2.51. The van der Waals surface area contributed by atoms with E-state index < -0.39 is 0 Å². The van der Waals surface area contributed by atoms with Gasteiger partial charge in [-0.3, -0.25) is 0 Å². The average molecular weight is 173 g/mol. The van der Waals surface area contributed by atoms with Crippen LogP contribution in [0.2, 0.25) is 0 Å². The Morgan fingerprint density at radius 2 is 2.00 bits per heavy atom. The Bertz CT molecular complexity index is 115. The molecule has 0 aliphatic heterocycles. The molecule has 1 aliphatic carbocycles. The molecule has 1 saturated carbocycles. The minimum Gasteiger partial charge on any atom is -0.330 e. The first-order chi connectivity index (χ1) is 5.15. The van der Waals surface area contributed by atoms with Crippen LogP contribution in [0.3, 0.4) is 0 Å². The molecule has 0 aromatic carbocycles. The second kappa shape index (κ2) is 3.81. The molecule has 0 heterocycles. The van der Waals surface area contributed by atoms with E-state index in [1.165, 1.54) is 12.8 Å². The first kappa shape index (κ1) is 9.40. The van der Waals surface area contributed by atoms with E-state index in [4.69, 9.17) is 5.73 Å². The molecule has 0 spiro atoms. The summed E-state index contributed by atoms with van der Waals surface area (Å²) in [5, 5.41) is 0.576. The van der Waals surface area contributed by atoms with Gasteiger partial charge in [0.05, 0.1) is 0 Å². The lowest BCUT2D eigenvalue weighted by atomic mass is 9.75. The second-order valence-corrected chi connectivity index (χ2v) is 4.64. The van der Waals surface area contributed by atoms with Crippen LogP contribution >= 0.6 is 12.6 Å². The summed E-state index contributed by atoms with van der Waals surface area (Å²) in [5.74, 6) is 2.30. The predicted molar refractivity (Wildman–Crippen MR) is 52.9 cm³/mol. The van der Waals surface area contributed by atoms with Gasteiger partial charge in [-0.25, -0.2) is 0 Å². The van der Waals surface area contributed by atoms with Crippen LogP contribution < -0.4 is 5.73 Å². The molecular weight excluding hydrogens is 154 g/mol. The Labute approximate surface area is 75.1 Å². The van der Waals surface area contributed by atoms with Crippen molar-refractivity contribution in [1.29, 1.82) is 0 Å². The van der Waals surface area contributed by atoms with Crippen molar-refractivity contribution in [2.24, 2.45) is 23.5 Å². The van der Waals surface area contributed by atoms with Crippen LogP contribution in [0.25, 0.3) is 0 Å². The first-order valence-electron chi connectivity index (χ1n) is 4.53. The highest BCUT2D eigenvalue weighted by molar-refractivity contribution is 7.81. The molecule has 0 aromatic heterocycles. The third-order valence-corrected chi connectivity index (χ3v) is 3.80. The topological polar surface area (TPSA) is 26.0 Å². The van der Waals surface area contributed by atoms with Gasteiger partial charge in [-0.2, -0.15) is 12.6 Å². The molecule has 4 unspecified atom stereocenters. The fourth-order valence-corrected chi connectivity index (χ4v) is 2.56. The van der Waals surface area contributed by atoms with Crippen LogP contribution in [0.15, 0.2) is 0 Å².